The fraction of sp³-hybridized carbons (Fsp3) is 0.263. The summed E-state index contributed by atoms with van der Waals surface area (Å²) in [4.78, 5) is 21.1. The zero-order chi connectivity index (χ0) is 17.8. The molecule has 3 heterocycles. The molecule has 0 radical (unpaired) electrons. The molecule has 1 aliphatic rings. The molecule has 7 heteroatoms. The van der Waals surface area contributed by atoms with Crippen LogP contribution in [0.3, 0.4) is 0 Å². The summed E-state index contributed by atoms with van der Waals surface area (Å²) in [5, 5.41) is 10.3. The number of nitrogens with zero attached hydrogens (tertiary/aromatic N) is 5. The fourth-order valence-corrected chi connectivity index (χ4v) is 3.88. The van der Waals surface area contributed by atoms with E-state index in [0.717, 1.165) is 47.5 Å². The van der Waals surface area contributed by atoms with E-state index in [1.54, 1.807) is 17.5 Å². The van der Waals surface area contributed by atoms with Gasteiger partial charge < -0.3 is 9.80 Å². The van der Waals surface area contributed by atoms with E-state index in [-0.39, 0.29) is 5.91 Å². The van der Waals surface area contributed by atoms with Crippen LogP contribution in [0.1, 0.15) is 16.8 Å². The molecule has 0 saturated carbocycles. The van der Waals surface area contributed by atoms with Crippen molar-refractivity contribution >= 4 is 22.4 Å². The predicted molar refractivity (Wildman–Crippen MR) is 102 cm³/mol. The van der Waals surface area contributed by atoms with Gasteiger partial charge in [0.2, 0.25) is 5.13 Å². The Morgan fingerprint density at radius 3 is 2.58 bits per heavy atom. The maximum absolute atomic E-state index is 12.7. The number of benzene rings is 1. The third-order valence-corrected chi connectivity index (χ3v) is 5.38. The minimum Gasteiger partial charge on any atom is -0.345 e. The lowest BCUT2D eigenvalue weighted by Gasteiger charge is -2.21. The van der Waals surface area contributed by atoms with Crippen LogP contribution >= 0.6 is 11.3 Å². The smallest absolute Gasteiger partial charge is 0.253 e. The molecule has 3 aromatic rings. The molecule has 1 saturated heterocycles. The molecule has 4 rings (SSSR count). The summed E-state index contributed by atoms with van der Waals surface area (Å²) in [7, 11) is 0. The molecule has 26 heavy (non-hydrogen) atoms. The van der Waals surface area contributed by atoms with E-state index in [0.29, 0.717) is 6.54 Å². The first-order chi connectivity index (χ1) is 12.8. The second kappa shape index (κ2) is 7.61. The number of carbonyl (C=O) groups excluding carboxylic acids is 1. The van der Waals surface area contributed by atoms with Gasteiger partial charge in [-0.25, -0.2) is 0 Å². The molecule has 1 aliphatic heterocycles. The molecule has 2 aromatic heterocycles. The van der Waals surface area contributed by atoms with Crippen LogP contribution in [-0.2, 0) is 0 Å². The Morgan fingerprint density at radius 1 is 0.923 bits per heavy atom. The molecular formula is C19H19N5OS. The Morgan fingerprint density at radius 2 is 1.77 bits per heavy atom. The van der Waals surface area contributed by atoms with Crippen LogP contribution in [0, 0.1) is 0 Å². The first kappa shape index (κ1) is 16.7. The van der Waals surface area contributed by atoms with Crippen LogP contribution in [0.5, 0.6) is 0 Å². The van der Waals surface area contributed by atoms with Gasteiger partial charge in [-0.05, 0) is 30.7 Å². The highest BCUT2D eigenvalue weighted by molar-refractivity contribution is 7.18. The molecule has 0 bridgehead atoms. The number of hydrogen-bond acceptors (Lipinski definition) is 6. The topological polar surface area (TPSA) is 62.2 Å². The summed E-state index contributed by atoms with van der Waals surface area (Å²) >= 11 is 1.55. The van der Waals surface area contributed by atoms with Crippen LogP contribution in [0.15, 0.2) is 54.7 Å². The van der Waals surface area contributed by atoms with Crippen molar-refractivity contribution in [3.63, 3.8) is 0 Å². The van der Waals surface area contributed by atoms with Crippen molar-refractivity contribution in [2.45, 2.75) is 6.42 Å². The Balaban J connectivity index is 1.44. The molecule has 0 spiro atoms. The maximum Gasteiger partial charge on any atom is 0.253 e. The molecule has 6 nitrogen and oxygen atoms in total. The molecule has 1 fully saturated rings. The highest BCUT2D eigenvalue weighted by Crippen LogP contribution is 2.28. The largest absolute Gasteiger partial charge is 0.345 e. The van der Waals surface area contributed by atoms with Crippen molar-refractivity contribution in [2.24, 2.45) is 0 Å². The lowest BCUT2D eigenvalue weighted by Crippen LogP contribution is -2.35. The van der Waals surface area contributed by atoms with E-state index in [1.165, 1.54) is 0 Å². The Hall–Kier alpha value is -2.80. The number of rotatable bonds is 3. The minimum atomic E-state index is 0.0962. The number of aromatic nitrogens is 3. The summed E-state index contributed by atoms with van der Waals surface area (Å²) in [5.41, 5.74) is 1.58. The number of anilines is 1. The molecule has 0 aliphatic carbocycles. The normalized spacial score (nSPS) is 14.9. The fourth-order valence-electron chi connectivity index (χ4n) is 3.01. The zero-order valence-electron chi connectivity index (χ0n) is 14.3. The van der Waals surface area contributed by atoms with Gasteiger partial charge in [0.05, 0.1) is 0 Å². The molecule has 0 N–H and O–H groups in total. The lowest BCUT2D eigenvalue weighted by atomic mass is 10.2. The summed E-state index contributed by atoms with van der Waals surface area (Å²) in [6, 6.07) is 15.2. The standard InChI is InChI=1S/C19H19N5OS/c25-18(15-7-2-1-3-8-15)23-11-6-12-24(14-13-23)19-22-21-17(26-19)16-9-4-5-10-20-16/h1-5,7-10H,6,11-14H2. The van der Waals surface area contributed by atoms with Gasteiger partial charge in [0.1, 0.15) is 5.69 Å². The van der Waals surface area contributed by atoms with Crippen molar-refractivity contribution in [3.8, 4) is 10.7 Å². The van der Waals surface area contributed by atoms with Crippen LogP contribution in [0.4, 0.5) is 5.13 Å². The monoisotopic (exact) mass is 365 g/mol. The van der Waals surface area contributed by atoms with Gasteiger partial charge in [0.15, 0.2) is 5.01 Å². The first-order valence-electron chi connectivity index (χ1n) is 8.65. The SMILES string of the molecule is O=C(c1ccccc1)N1CCCN(c2nnc(-c3ccccn3)s2)CC1. The minimum absolute atomic E-state index is 0.0962. The maximum atomic E-state index is 12.7. The molecular weight excluding hydrogens is 346 g/mol. The van der Waals surface area contributed by atoms with Gasteiger partial charge in [-0.15, -0.1) is 10.2 Å². The van der Waals surface area contributed by atoms with Gasteiger partial charge in [0, 0.05) is 37.9 Å². The summed E-state index contributed by atoms with van der Waals surface area (Å²) in [6.07, 6.45) is 2.67. The quantitative estimate of drug-likeness (QED) is 0.714. The number of pyridine rings is 1. The number of carbonyl (C=O) groups is 1. The Kier molecular flexibility index (Phi) is 4.88. The second-order valence-corrected chi connectivity index (χ2v) is 7.06. The molecule has 0 atom stereocenters. The van der Waals surface area contributed by atoms with Crippen LogP contribution < -0.4 is 4.90 Å². The van der Waals surface area contributed by atoms with Crippen LogP contribution in [-0.4, -0.2) is 52.2 Å². The molecule has 1 aromatic carbocycles. The number of amides is 1. The Labute approximate surface area is 156 Å². The molecule has 0 unspecified atom stereocenters. The van der Waals surface area contributed by atoms with Crippen molar-refractivity contribution in [2.75, 3.05) is 31.1 Å². The first-order valence-corrected chi connectivity index (χ1v) is 9.47. The molecule has 132 valence electrons. The van der Waals surface area contributed by atoms with E-state index >= 15 is 0 Å². The predicted octanol–water partition coefficient (Wildman–Crippen LogP) is 2.95. The summed E-state index contributed by atoms with van der Waals surface area (Å²) < 4.78 is 0. The van der Waals surface area contributed by atoms with Gasteiger partial charge in [-0.2, -0.15) is 0 Å². The van der Waals surface area contributed by atoms with E-state index in [4.69, 9.17) is 0 Å². The average Bonchev–Trinajstić information content (AvgIpc) is 3.07. The van der Waals surface area contributed by atoms with Crippen LogP contribution in [0.25, 0.3) is 10.7 Å². The van der Waals surface area contributed by atoms with Gasteiger partial charge in [-0.1, -0.05) is 35.6 Å². The van der Waals surface area contributed by atoms with Crippen molar-refractivity contribution in [1.29, 1.82) is 0 Å². The van der Waals surface area contributed by atoms with E-state index in [9.17, 15) is 4.79 Å². The van der Waals surface area contributed by atoms with Gasteiger partial charge >= 0.3 is 0 Å². The van der Waals surface area contributed by atoms with Gasteiger partial charge in [-0.3, -0.25) is 9.78 Å². The third kappa shape index (κ3) is 3.57. The van der Waals surface area contributed by atoms with E-state index in [1.807, 2.05) is 53.4 Å². The van der Waals surface area contributed by atoms with Gasteiger partial charge in [0.25, 0.3) is 5.91 Å². The van der Waals surface area contributed by atoms with Crippen molar-refractivity contribution < 1.29 is 4.79 Å². The van der Waals surface area contributed by atoms with Crippen molar-refractivity contribution in [3.05, 3.63) is 60.3 Å². The lowest BCUT2D eigenvalue weighted by molar-refractivity contribution is 0.0767. The third-order valence-electron chi connectivity index (χ3n) is 4.37. The summed E-state index contributed by atoms with van der Waals surface area (Å²) in [5.74, 6) is 0.0962. The Bertz CT molecular complexity index is 868. The highest BCUT2D eigenvalue weighted by Gasteiger charge is 2.22. The van der Waals surface area contributed by atoms with Crippen molar-refractivity contribution in [1.82, 2.24) is 20.1 Å². The summed E-state index contributed by atoms with van der Waals surface area (Å²) in [6.45, 7) is 3.08. The number of hydrogen-bond donors (Lipinski definition) is 0. The second-order valence-electron chi connectivity index (χ2n) is 6.10. The van der Waals surface area contributed by atoms with E-state index < -0.39 is 0 Å². The average molecular weight is 365 g/mol. The zero-order valence-corrected chi connectivity index (χ0v) is 15.1. The molecule has 1 amide bonds. The highest BCUT2D eigenvalue weighted by atomic mass is 32.1. The van der Waals surface area contributed by atoms with Crippen LogP contribution in [0.2, 0.25) is 0 Å². The van der Waals surface area contributed by atoms with E-state index in [2.05, 4.69) is 20.1 Å².